The van der Waals surface area contributed by atoms with E-state index in [4.69, 9.17) is 0 Å². The van der Waals surface area contributed by atoms with Gasteiger partial charge in [0, 0.05) is 5.56 Å². The van der Waals surface area contributed by atoms with E-state index in [1.54, 1.807) is 18.2 Å². The second-order valence-corrected chi connectivity index (χ2v) is 5.31. The van der Waals surface area contributed by atoms with Gasteiger partial charge in [-0.15, -0.1) is 0 Å². The highest BCUT2D eigenvalue weighted by atomic mass is 19.1. The number of rotatable bonds is 2. The monoisotopic (exact) mass is 270 g/mol. The van der Waals surface area contributed by atoms with Crippen molar-refractivity contribution in [2.45, 2.75) is 34.6 Å². The van der Waals surface area contributed by atoms with Gasteiger partial charge in [0.15, 0.2) is 5.78 Å². The molecule has 0 aromatic heterocycles. The van der Waals surface area contributed by atoms with Crippen LogP contribution in [-0.2, 0) is 0 Å². The van der Waals surface area contributed by atoms with Crippen LogP contribution in [0.3, 0.4) is 0 Å². The lowest BCUT2D eigenvalue weighted by Crippen LogP contribution is -2.12. The maximum Gasteiger partial charge on any atom is 0.196 e. The molecule has 0 N–H and O–H groups in total. The van der Waals surface area contributed by atoms with Crippen molar-refractivity contribution < 1.29 is 9.18 Å². The minimum Gasteiger partial charge on any atom is -0.288 e. The third kappa shape index (κ3) is 2.15. The summed E-state index contributed by atoms with van der Waals surface area (Å²) in [5.41, 5.74) is 6.07. The van der Waals surface area contributed by atoms with Crippen molar-refractivity contribution in [2.75, 3.05) is 0 Å². The van der Waals surface area contributed by atoms with E-state index in [0.717, 1.165) is 22.3 Å². The van der Waals surface area contributed by atoms with Crippen molar-refractivity contribution in [2.24, 2.45) is 0 Å². The molecular weight excluding hydrogens is 251 g/mol. The first-order valence-electron chi connectivity index (χ1n) is 6.72. The lowest BCUT2D eigenvalue weighted by atomic mass is 9.86. The van der Waals surface area contributed by atoms with Crippen LogP contribution in [0.25, 0.3) is 0 Å². The Kier molecular flexibility index (Phi) is 3.76. The molecule has 0 aliphatic rings. The van der Waals surface area contributed by atoms with Crippen molar-refractivity contribution in [3.05, 3.63) is 69.0 Å². The van der Waals surface area contributed by atoms with E-state index < -0.39 is 5.82 Å². The highest BCUT2D eigenvalue weighted by molar-refractivity contribution is 6.11. The Hall–Kier alpha value is -1.96. The minimum absolute atomic E-state index is 0.140. The van der Waals surface area contributed by atoms with Crippen LogP contribution >= 0.6 is 0 Å². The second kappa shape index (κ2) is 5.20. The Morgan fingerprint density at radius 3 is 1.75 bits per heavy atom. The smallest absolute Gasteiger partial charge is 0.196 e. The van der Waals surface area contributed by atoms with E-state index in [2.05, 4.69) is 6.92 Å². The Labute approximate surface area is 119 Å². The van der Waals surface area contributed by atoms with Crippen LogP contribution in [-0.4, -0.2) is 5.78 Å². The van der Waals surface area contributed by atoms with Gasteiger partial charge in [0.05, 0.1) is 5.56 Å². The zero-order valence-electron chi connectivity index (χ0n) is 12.6. The van der Waals surface area contributed by atoms with Gasteiger partial charge in [0.1, 0.15) is 5.82 Å². The Bertz CT molecular complexity index is 670. The van der Waals surface area contributed by atoms with Gasteiger partial charge in [-0.05, 0) is 74.6 Å². The average Bonchev–Trinajstić information content (AvgIpc) is 2.43. The normalized spacial score (nSPS) is 10.7. The minimum atomic E-state index is -0.466. The van der Waals surface area contributed by atoms with Gasteiger partial charge in [-0.2, -0.15) is 0 Å². The molecule has 2 aromatic rings. The van der Waals surface area contributed by atoms with E-state index in [9.17, 15) is 9.18 Å². The summed E-state index contributed by atoms with van der Waals surface area (Å²) in [6.45, 7) is 9.94. The lowest BCUT2D eigenvalue weighted by molar-refractivity contribution is 0.103. The summed E-state index contributed by atoms with van der Waals surface area (Å²) in [5, 5.41) is 0. The standard InChI is InChI=1S/C18H19FO/c1-10-11(2)13(4)17(14(5)12(10)3)18(20)15-8-6-7-9-16(15)19/h6-9H,1-5H3. The van der Waals surface area contributed by atoms with Crippen LogP contribution in [0.2, 0.25) is 0 Å². The number of hydrogen-bond donors (Lipinski definition) is 0. The summed E-state index contributed by atoms with van der Waals surface area (Å²) in [6.07, 6.45) is 0. The van der Waals surface area contributed by atoms with Gasteiger partial charge in [-0.25, -0.2) is 4.39 Å². The molecule has 2 heteroatoms. The SMILES string of the molecule is Cc1c(C)c(C)c(C(=O)c2ccccc2F)c(C)c1C. The van der Waals surface area contributed by atoms with E-state index in [0.29, 0.717) is 5.56 Å². The predicted molar refractivity (Wildman–Crippen MR) is 80.0 cm³/mol. The topological polar surface area (TPSA) is 17.1 Å². The molecule has 0 atom stereocenters. The van der Waals surface area contributed by atoms with Crippen molar-refractivity contribution in [3.8, 4) is 0 Å². The molecule has 2 rings (SSSR count). The highest BCUT2D eigenvalue weighted by Crippen LogP contribution is 2.28. The van der Waals surface area contributed by atoms with Gasteiger partial charge >= 0.3 is 0 Å². The van der Waals surface area contributed by atoms with Gasteiger partial charge in [0.2, 0.25) is 0 Å². The molecule has 1 nitrogen and oxygen atoms in total. The van der Waals surface area contributed by atoms with E-state index in [1.807, 2.05) is 27.7 Å². The van der Waals surface area contributed by atoms with Crippen molar-refractivity contribution in [1.82, 2.24) is 0 Å². The van der Waals surface area contributed by atoms with Gasteiger partial charge < -0.3 is 0 Å². The third-order valence-corrected chi connectivity index (χ3v) is 4.35. The van der Waals surface area contributed by atoms with Crippen LogP contribution in [0, 0.1) is 40.4 Å². The maximum atomic E-state index is 13.8. The molecule has 0 saturated carbocycles. The van der Waals surface area contributed by atoms with Gasteiger partial charge in [-0.3, -0.25) is 4.79 Å². The zero-order chi connectivity index (χ0) is 15.0. The summed E-state index contributed by atoms with van der Waals surface area (Å²) < 4.78 is 13.8. The molecule has 0 aliphatic heterocycles. The molecule has 104 valence electrons. The first-order chi connectivity index (χ1) is 9.36. The zero-order valence-corrected chi connectivity index (χ0v) is 12.6. The quantitative estimate of drug-likeness (QED) is 0.729. The fraction of sp³-hybridized carbons (Fsp3) is 0.278. The summed E-state index contributed by atoms with van der Waals surface area (Å²) in [7, 11) is 0. The van der Waals surface area contributed by atoms with Crippen molar-refractivity contribution in [1.29, 1.82) is 0 Å². The van der Waals surface area contributed by atoms with Crippen LogP contribution in [0.1, 0.15) is 43.7 Å². The number of halogens is 1. The number of ketones is 1. The Morgan fingerprint density at radius 1 is 0.800 bits per heavy atom. The molecule has 20 heavy (non-hydrogen) atoms. The molecule has 0 radical (unpaired) electrons. The van der Waals surface area contributed by atoms with Gasteiger partial charge in [-0.1, -0.05) is 12.1 Å². The molecule has 2 aromatic carbocycles. The Balaban J connectivity index is 2.71. The number of carbonyl (C=O) groups is 1. The van der Waals surface area contributed by atoms with E-state index >= 15 is 0 Å². The lowest BCUT2D eigenvalue weighted by Gasteiger charge is -2.18. The van der Waals surface area contributed by atoms with Crippen LogP contribution in [0.4, 0.5) is 4.39 Å². The molecular formula is C18H19FO. The van der Waals surface area contributed by atoms with Crippen LogP contribution < -0.4 is 0 Å². The maximum absolute atomic E-state index is 13.8. The molecule has 0 unspecified atom stereocenters. The van der Waals surface area contributed by atoms with Gasteiger partial charge in [0.25, 0.3) is 0 Å². The second-order valence-electron chi connectivity index (χ2n) is 5.31. The summed E-state index contributed by atoms with van der Waals surface area (Å²) in [4.78, 5) is 12.7. The number of carbonyl (C=O) groups excluding carboxylic acids is 1. The van der Waals surface area contributed by atoms with Crippen molar-refractivity contribution in [3.63, 3.8) is 0 Å². The molecule has 0 saturated heterocycles. The molecule has 0 amide bonds. The molecule has 0 aliphatic carbocycles. The molecule has 0 bridgehead atoms. The van der Waals surface area contributed by atoms with Crippen LogP contribution in [0.15, 0.2) is 24.3 Å². The summed E-state index contributed by atoms with van der Waals surface area (Å²) in [6, 6.07) is 6.15. The van der Waals surface area contributed by atoms with Crippen LogP contribution in [0.5, 0.6) is 0 Å². The third-order valence-electron chi connectivity index (χ3n) is 4.35. The van der Waals surface area contributed by atoms with E-state index in [-0.39, 0.29) is 11.3 Å². The Morgan fingerprint density at radius 2 is 1.25 bits per heavy atom. The fourth-order valence-corrected chi connectivity index (χ4v) is 2.62. The van der Waals surface area contributed by atoms with E-state index in [1.165, 1.54) is 11.6 Å². The average molecular weight is 270 g/mol. The molecule has 0 heterocycles. The number of hydrogen-bond acceptors (Lipinski definition) is 1. The first-order valence-corrected chi connectivity index (χ1v) is 6.72. The predicted octanol–water partition coefficient (Wildman–Crippen LogP) is 4.60. The highest BCUT2D eigenvalue weighted by Gasteiger charge is 2.21. The molecule has 0 fully saturated rings. The number of benzene rings is 2. The summed E-state index contributed by atoms with van der Waals surface area (Å²) in [5.74, 6) is -0.698. The summed E-state index contributed by atoms with van der Waals surface area (Å²) >= 11 is 0. The molecule has 0 spiro atoms. The first kappa shape index (κ1) is 14.4. The fourth-order valence-electron chi connectivity index (χ4n) is 2.62. The van der Waals surface area contributed by atoms with Crippen molar-refractivity contribution >= 4 is 5.78 Å². The largest absolute Gasteiger partial charge is 0.288 e.